The van der Waals surface area contributed by atoms with Crippen LogP contribution in [0.5, 0.6) is 0 Å². The quantitative estimate of drug-likeness (QED) is 0.575. The minimum atomic E-state index is -0.404. The van der Waals surface area contributed by atoms with Crippen LogP contribution < -0.4 is 0 Å². The van der Waals surface area contributed by atoms with Crippen molar-refractivity contribution in [3.8, 4) is 0 Å². The first-order valence-corrected chi connectivity index (χ1v) is 6.22. The van der Waals surface area contributed by atoms with Crippen molar-refractivity contribution in [3.05, 3.63) is 0 Å². The summed E-state index contributed by atoms with van der Waals surface area (Å²) in [6.45, 7) is 2.74. The molecule has 1 rings (SSSR count). The Labute approximate surface area is 98.1 Å². The standard InChI is InChI=1S/C10H16BrNO3/c1-8(13)15-7-10(14)12-4-2-9(6-11)3-5-12/h9H,2-7H2,1H3. The molecule has 0 N–H and O–H groups in total. The molecule has 5 heteroatoms. The molecule has 0 aromatic rings. The van der Waals surface area contributed by atoms with Crippen molar-refractivity contribution in [1.29, 1.82) is 0 Å². The summed E-state index contributed by atoms with van der Waals surface area (Å²) < 4.78 is 4.67. The van der Waals surface area contributed by atoms with Crippen LogP contribution in [0.25, 0.3) is 0 Å². The number of halogens is 1. The molecule has 86 valence electrons. The second-order valence-electron chi connectivity index (χ2n) is 3.76. The van der Waals surface area contributed by atoms with E-state index in [0.29, 0.717) is 5.92 Å². The zero-order chi connectivity index (χ0) is 11.3. The summed E-state index contributed by atoms with van der Waals surface area (Å²) in [7, 11) is 0. The Balaban J connectivity index is 2.27. The number of esters is 1. The lowest BCUT2D eigenvalue weighted by molar-refractivity contribution is -0.150. The fourth-order valence-corrected chi connectivity index (χ4v) is 2.24. The second-order valence-corrected chi connectivity index (χ2v) is 4.41. The van der Waals surface area contributed by atoms with E-state index in [-0.39, 0.29) is 12.5 Å². The number of ether oxygens (including phenoxy) is 1. The summed E-state index contributed by atoms with van der Waals surface area (Å²) in [5.41, 5.74) is 0. The number of piperidine rings is 1. The molecule has 0 atom stereocenters. The third-order valence-corrected chi connectivity index (χ3v) is 3.50. The highest BCUT2D eigenvalue weighted by atomic mass is 79.9. The van der Waals surface area contributed by atoms with Gasteiger partial charge in [-0.15, -0.1) is 0 Å². The van der Waals surface area contributed by atoms with Gasteiger partial charge in [0.15, 0.2) is 6.61 Å². The highest BCUT2D eigenvalue weighted by Crippen LogP contribution is 2.18. The van der Waals surface area contributed by atoms with Gasteiger partial charge in [0, 0.05) is 25.3 Å². The van der Waals surface area contributed by atoms with Gasteiger partial charge in [-0.2, -0.15) is 0 Å². The number of likely N-dealkylation sites (tertiary alicyclic amines) is 1. The minimum Gasteiger partial charge on any atom is -0.456 e. The Bertz CT molecular complexity index is 237. The van der Waals surface area contributed by atoms with Crippen molar-refractivity contribution in [2.45, 2.75) is 19.8 Å². The van der Waals surface area contributed by atoms with E-state index < -0.39 is 5.97 Å². The molecule has 0 radical (unpaired) electrons. The van der Waals surface area contributed by atoms with Crippen LogP contribution >= 0.6 is 15.9 Å². The summed E-state index contributed by atoms with van der Waals surface area (Å²) in [6.07, 6.45) is 2.05. The summed E-state index contributed by atoms with van der Waals surface area (Å²) in [6, 6.07) is 0. The van der Waals surface area contributed by atoms with E-state index in [1.54, 1.807) is 4.90 Å². The zero-order valence-electron chi connectivity index (χ0n) is 8.87. The third kappa shape index (κ3) is 4.20. The SMILES string of the molecule is CC(=O)OCC(=O)N1CCC(CBr)CC1. The van der Waals surface area contributed by atoms with Crippen molar-refractivity contribution in [2.75, 3.05) is 25.0 Å². The number of rotatable bonds is 3. The topological polar surface area (TPSA) is 46.6 Å². The number of nitrogens with zero attached hydrogens (tertiary/aromatic N) is 1. The normalized spacial score (nSPS) is 17.6. The summed E-state index contributed by atoms with van der Waals surface area (Å²) in [4.78, 5) is 23.8. The molecule has 1 amide bonds. The van der Waals surface area contributed by atoms with Gasteiger partial charge in [0.25, 0.3) is 5.91 Å². The molecular weight excluding hydrogens is 262 g/mol. The molecule has 0 bridgehead atoms. The molecule has 1 fully saturated rings. The fourth-order valence-electron chi connectivity index (χ4n) is 1.59. The van der Waals surface area contributed by atoms with E-state index in [1.807, 2.05) is 0 Å². The molecule has 15 heavy (non-hydrogen) atoms. The van der Waals surface area contributed by atoms with Crippen LogP contribution in [0.3, 0.4) is 0 Å². The van der Waals surface area contributed by atoms with Crippen LogP contribution in [0.2, 0.25) is 0 Å². The largest absolute Gasteiger partial charge is 0.456 e. The maximum Gasteiger partial charge on any atom is 0.303 e. The molecule has 0 aliphatic carbocycles. The number of hydrogen-bond acceptors (Lipinski definition) is 3. The molecule has 4 nitrogen and oxygen atoms in total. The van der Waals surface area contributed by atoms with E-state index in [0.717, 1.165) is 31.3 Å². The van der Waals surface area contributed by atoms with Crippen molar-refractivity contribution >= 4 is 27.8 Å². The van der Waals surface area contributed by atoms with Gasteiger partial charge in [-0.25, -0.2) is 0 Å². The Kier molecular flexibility index (Phi) is 5.08. The minimum absolute atomic E-state index is 0.0850. The first-order chi connectivity index (χ1) is 7.13. The van der Waals surface area contributed by atoms with E-state index in [1.165, 1.54) is 6.92 Å². The number of carbonyl (C=O) groups is 2. The van der Waals surface area contributed by atoms with Gasteiger partial charge >= 0.3 is 5.97 Å². The van der Waals surface area contributed by atoms with Crippen LogP contribution in [-0.2, 0) is 14.3 Å². The highest BCUT2D eigenvalue weighted by molar-refractivity contribution is 9.09. The maximum absolute atomic E-state index is 11.5. The number of amides is 1. The van der Waals surface area contributed by atoms with Crippen LogP contribution in [0.4, 0.5) is 0 Å². The van der Waals surface area contributed by atoms with Gasteiger partial charge in [-0.1, -0.05) is 15.9 Å². The van der Waals surface area contributed by atoms with Crippen molar-refractivity contribution in [3.63, 3.8) is 0 Å². The first-order valence-electron chi connectivity index (χ1n) is 5.10. The first kappa shape index (κ1) is 12.5. The fraction of sp³-hybridized carbons (Fsp3) is 0.800. The summed E-state index contributed by atoms with van der Waals surface area (Å²) >= 11 is 3.44. The predicted molar refractivity (Wildman–Crippen MR) is 59.7 cm³/mol. The van der Waals surface area contributed by atoms with Crippen molar-refractivity contribution in [1.82, 2.24) is 4.90 Å². The van der Waals surface area contributed by atoms with Crippen LogP contribution in [0, 0.1) is 5.92 Å². The van der Waals surface area contributed by atoms with Gasteiger partial charge in [-0.05, 0) is 18.8 Å². The summed E-state index contributed by atoms with van der Waals surface area (Å²) in [5, 5.41) is 0.999. The van der Waals surface area contributed by atoms with Crippen molar-refractivity contribution < 1.29 is 14.3 Å². The van der Waals surface area contributed by atoms with Gasteiger partial charge in [-0.3, -0.25) is 9.59 Å². The lowest BCUT2D eigenvalue weighted by Crippen LogP contribution is -2.40. The van der Waals surface area contributed by atoms with E-state index in [9.17, 15) is 9.59 Å². The molecule has 0 aromatic carbocycles. The third-order valence-electron chi connectivity index (χ3n) is 2.58. The number of hydrogen-bond donors (Lipinski definition) is 0. The highest BCUT2D eigenvalue weighted by Gasteiger charge is 2.22. The van der Waals surface area contributed by atoms with E-state index in [2.05, 4.69) is 20.7 Å². The molecule has 1 heterocycles. The van der Waals surface area contributed by atoms with Crippen LogP contribution in [0.15, 0.2) is 0 Å². The number of alkyl halides is 1. The van der Waals surface area contributed by atoms with Crippen LogP contribution in [0.1, 0.15) is 19.8 Å². The Morgan fingerprint density at radius 2 is 2.00 bits per heavy atom. The van der Waals surface area contributed by atoms with Gasteiger partial charge in [0.05, 0.1) is 0 Å². The molecule has 0 spiro atoms. The Hall–Kier alpha value is -0.580. The zero-order valence-corrected chi connectivity index (χ0v) is 10.5. The van der Waals surface area contributed by atoms with Gasteiger partial charge in [0.1, 0.15) is 0 Å². The van der Waals surface area contributed by atoms with E-state index >= 15 is 0 Å². The molecular formula is C10H16BrNO3. The van der Waals surface area contributed by atoms with E-state index in [4.69, 9.17) is 0 Å². The lowest BCUT2D eigenvalue weighted by Gasteiger charge is -2.30. The predicted octanol–water partition coefficient (Wildman–Crippen LogP) is 1.18. The van der Waals surface area contributed by atoms with Gasteiger partial charge in [0.2, 0.25) is 0 Å². The molecule has 1 aliphatic rings. The number of carbonyl (C=O) groups excluding carboxylic acids is 2. The smallest absolute Gasteiger partial charge is 0.303 e. The molecule has 1 saturated heterocycles. The lowest BCUT2D eigenvalue weighted by atomic mass is 9.99. The average Bonchev–Trinajstić information content (AvgIpc) is 2.26. The molecule has 0 aromatic heterocycles. The molecule has 0 saturated carbocycles. The monoisotopic (exact) mass is 277 g/mol. The summed E-state index contributed by atoms with van der Waals surface area (Å²) in [5.74, 6) is 0.180. The molecule has 0 unspecified atom stereocenters. The van der Waals surface area contributed by atoms with Crippen LogP contribution in [-0.4, -0.2) is 41.8 Å². The molecule has 1 aliphatic heterocycles. The Morgan fingerprint density at radius 1 is 1.40 bits per heavy atom. The maximum atomic E-state index is 11.5. The van der Waals surface area contributed by atoms with Gasteiger partial charge < -0.3 is 9.64 Å². The van der Waals surface area contributed by atoms with Crippen molar-refractivity contribution in [2.24, 2.45) is 5.92 Å². The average molecular weight is 278 g/mol. The second kappa shape index (κ2) is 6.10. The Morgan fingerprint density at radius 3 is 2.47 bits per heavy atom.